The standard InChI is InChI=1S/C12H17BrN2/c1-9-7-15(8-10(2)14-9)12-6-4-3-5-11(12)13/h3-6,9-10,14H,7-8H2,1-2H3. The zero-order valence-corrected chi connectivity index (χ0v) is 10.8. The van der Waals surface area contributed by atoms with Crippen molar-refractivity contribution in [2.75, 3.05) is 18.0 Å². The van der Waals surface area contributed by atoms with Crippen LogP contribution >= 0.6 is 15.9 Å². The number of rotatable bonds is 1. The van der Waals surface area contributed by atoms with Gasteiger partial charge in [0.1, 0.15) is 0 Å². The lowest BCUT2D eigenvalue weighted by Crippen LogP contribution is -2.54. The number of halogens is 1. The van der Waals surface area contributed by atoms with Crippen LogP contribution in [0.4, 0.5) is 5.69 Å². The molecule has 0 amide bonds. The number of benzene rings is 1. The molecule has 0 aromatic heterocycles. The second-order valence-electron chi connectivity index (χ2n) is 4.33. The number of hydrogen-bond acceptors (Lipinski definition) is 2. The fourth-order valence-corrected chi connectivity index (χ4v) is 2.77. The molecule has 1 aliphatic rings. The second-order valence-corrected chi connectivity index (χ2v) is 5.18. The molecular formula is C12H17BrN2. The second kappa shape index (κ2) is 4.54. The van der Waals surface area contributed by atoms with Crippen LogP contribution in [0.5, 0.6) is 0 Å². The van der Waals surface area contributed by atoms with Crippen LogP contribution in [0.25, 0.3) is 0 Å². The van der Waals surface area contributed by atoms with Crippen molar-refractivity contribution < 1.29 is 0 Å². The van der Waals surface area contributed by atoms with Gasteiger partial charge in [0.15, 0.2) is 0 Å². The Bertz CT molecular complexity index is 330. The molecule has 1 aliphatic heterocycles. The van der Waals surface area contributed by atoms with Crippen molar-refractivity contribution in [3.05, 3.63) is 28.7 Å². The number of para-hydroxylation sites is 1. The van der Waals surface area contributed by atoms with Crippen LogP contribution in [0.3, 0.4) is 0 Å². The zero-order chi connectivity index (χ0) is 10.8. The van der Waals surface area contributed by atoms with Gasteiger partial charge in [-0.3, -0.25) is 0 Å². The summed E-state index contributed by atoms with van der Waals surface area (Å²) in [5, 5.41) is 3.54. The highest BCUT2D eigenvalue weighted by Crippen LogP contribution is 2.27. The Balaban J connectivity index is 2.20. The van der Waals surface area contributed by atoms with Crippen LogP contribution < -0.4 is 10.2 Å². The SMILES string of the molecule is CC1CN(c2ccccc2Br)CC(C)N1. The van der Waals surface area contributed by atoms with Crippen LogP contribution in [0.1, 0.15) is 13.8 Å². The number of piperazine rings is 1. The minimum Gasteiger partial charge on any atom is -0.368 e. The largest absolute Gasteiger partial charge is 0.368 e. The van der Waals surface area contributed by atoms with E-state index >= 15 is 0 Å². The highest BCUT2D eigenvalue weighted by Gasteiger charge is 2.21. The fraction of sp³-hybridized carbons (Fsp3) is 0.500. The van der Waals surface area contributed by atoms with E-state index in [1.165, 1.54) is 10.2 Å². The van der Waals surface area contributed by atoms with Gasteiger partial charge in [-0.2, -0.15) is 0 Å². The maximum absolute atomic E-state index is 3.61. The minimum atomic E-state index is 0.556. The summed E-state index contributed by atoms with van der Waals surface area (Å²) in [5.41, 5.74) is 1.30. The Morgan fingerprint density at radius 1 is 1.20 bits per heavy atom. The Morgan fingerprint density at radius 3 is 2.40 bits per heavy atom. The van der Waals surface area contributed by atoms with Crippen molar-refractivity contribution >= 4 is 21.6 Å². The molecule has 2 nitrogen and oxygen atoms in total. The van der Waals surface area contributed by atoms with Gasteiger partial charge in [-0.15, -0.1) is 0 Å². The monoisotopic (exact) mass is 268 g/mol. The van der Waals surface area contributed by atoms with E-state index < -0.39 is 0 Å². The quantitative estimate of drug-likeness (QED) is 0.843. The van der Waals surface area contributed by atoms with Crippen molar-refractivity contribution in [1.29, 1.82) is 0 Å². The van der Waals surface area contributed by atoms with E-state index in [1.807, 2.05) is 0 Å². The molecule has 1 saturated heterocycles. The summed E-state index contributed by atoms with van der Waals surface area (Å²) >= 11 is 3.61. The number of nitrogens with zero attached hydrogens (tertiary/aromatic N) is 1. The lowest BCUT2D eigenvalue weighted by atomic mass is 10.1. The molecule has 3 heteroatoms. The van der Waals surface area contributed by atoms with Gasteiger partial charge >= 0.3 is 0 Å². The Morgan fingerprint density at radius 2 is 1.80 bits per heavy atom. The van der Waals surface area contributed by atoms with Crippen LogP contribution in [0.15, 0.2) is 28.7 Å². The molecule has 2 rings (SSSR count). The Hall–Kier alpha value is -0.540. The average Bonchev–Trinajstić information content (AvgIpc) is 2.16. The first-order valence-electron chi connectivity index (χ1n) is 5.42. The first-order chi connectivity index (χ1) is 7.16. The minimum absolute atomic E-state index is 0.556. The predicted molar refractivity (Wildman–Crippen MR) is 68.4 cm³/mol. The van der Waals surface area contributed by atoms with Crippen molar-refractivity contribution in [2.24, 2.45) is 0 Å². The molecule has 0 saturated carbocycles. The molecule has 2 atom stereocenters. The number of anilines is 1. The van der Waals surface area contributed by atoms with Crippen LogP contribution in [-0.4, -0.2) is 25.2 Å². The van der Waals surface area contributed by atoms with E-state index in [0.29, 0.717) is 12.1 Å². The predicted octanol–water partition coefficient (Wildman–Crippen LogP) is 2.64. The van der Waals surface area contributed by atoms with Gasteiger partial charge in [-0.25, -0.2) is 0 Å². The summed E-state index contributed by atoms with van der Waals surface area (Å²) in [6.45, 7) is 6.62. The lowest BCUT2D eigenvalue weighted by molar-refractivity contribution is 0.407. The summed E-state index contributed by atoms with van der Waals surface area (Å²) in [4.78, 5) is 2.44. The molecule has 1 aromatic carbocycles. The third-order valence-corrected chi connectivity index (χ3v) is 3.42. The number of hydrogen-bond donors (Lipinski definition) is 1. The van der Waals surface area contributed by atoms with Crippen LogP contribution in [-0.2, 0) is 0 Å². The van der Waals surface area contributed by atoms with Gasteiger partial charge in [0.25, 0.3) is 0 Å². The molecule has 2 unspecified atom stereocenters. The van der Waals surface area contributed by atoms with Gasteiger partial charge in [-0.1, -0.05) is 12.1 Å². The third kappa shape index (κ3) is 2.52. The average molecular weight is 269 g/mol. The lowest BCUT2D eigenvalue weighted by Gasteiger charge is -2.38. The van der Waals surface area contributed by atoms with Crippen LogP contribution in [0, 0.1) is 0 Å². The molecule has 0 radical (unpaired) electrons. The van der Waals surface area contributed by atoms with Gasteiger partial charge in [0.05, 0.1) is 5.69 Å². The summed E-state index contributed by atoms with van der Waals surface area (Å²) in [6.07, 6.45) is 0. The normalized spacial score (nSPS) is 26.7. The van der Waals surface area contributed by atoms with Crippen molar-refractivity contribution in [2.45, 2.75) is 25.9 Å². The summed E-state index contributed by atoms with van der Waals surface area (Å²) in [6, 6.07) is 9.54. The molecule has 1 heterocycles. The summed E-state index contributed by atoms with van der Waals surface area (Å²) < 4.78 is 1.19. The van der Waals surface area contributed by atoms with E-state index in [2.05, 4.69) is 64.3 Å². The van der Waals surface area contributed by atoms with E-state index in [-0.39, 0.29) is 0 Å². The van der Waals surface area contributed by atoms with Crippen molar-refractivity contribution in [1.82, 2.24) is 5.32 Å². The maximum atomic E-state index is 3.61. The zero-order valence-electron chi connectivity index (χ0n) is 9.20. The topological polar surface area (TPSA) is 15.3 Å². The molecule has 15 heavy (non-hydrogen) atoms. The number of nitrogens with one attached hydrogen (secondary N) is 1. The molecular weight excluding hydrogens is 252 g/mol. The van der Waals surface area contributed by atoms with Crippen molar-refractivity contribution in [3.63, 3.8) is 0 Å². The van der Waals surface area contributed by atoms with Crippen molar-refractivity contribution in [3.8, 4) is 0 Å². The van der Waals surface area contributed by atoms with Gasteiger partial charge < -0.3 is 10.2 Å². The van der Waals surface area contributed by atoms with Gasteiger partial charge in [0.2, 0.25) is 0 Å². The first-order valence-corrected chi connectivity index (χ1v) is 6.21. The first kappa shape index (κ1) is 11.0. The smallest absolute Gasteiger partial charge is 0.0511 e. The molecule has 0 aliphatic carbocycles. The maximum Gasteiger partial charge on any atom is 0.0511 e. The Kier molecular flexibility index (Phi) is 3.32. The Labute approximate surface area is 99.8 Å². The highest BCUT2D eigenvalue weighted by atomic mass is 79.9. The molecule has 1 aromatic rings. The molecule has 0 spiro atoms. The third-order valence-electron chi connectivity index (χ3n) is 2.75. The van der Waals surface area contributed by atoms with Gasteiger partial charge in [0, 0.05) is 29.6 Å². The molecule has 1 N–H and O–H groups in total. The summed E-state index contributed by atoms with van der Waals surface area (Å²) in [7, 11) is 0. The van der Waals surface area contributed by atoms with E-state index in [9.17, 15) is 0 Å². The van der Waals surface area contributed by atoms with E-state index in [0.717, 1.165) is 13.1 Å². The highest BCUT2D eigenvalue weighted by molar-refractivity contribution is 9.10. The fourth-order valence-electron chi connectivity index (χ4n) is 2.23. The summed E-state index contributed by atoms with van der Waals surface area (Å²) in [5.74, 6) is 0. The van der Waals surface area contributed by atoms with Gasteiger partial charge in [-0.05, 0) is 41.9 Å². The van der Waals surface area contributed by atoms with Crippen LogP contribution in [0.2, 0.25) is 0 Å². The molecule has 82 valence electrons. The molecule has 0 bridgehead atoms. The molecule has 1 fully saturated rings. The van der Waals surface area contributed by atoms with E-state index in [1.54, 1.807) is 0 Å². The van der Waals surface area contributed by atoms with E-state index in [4.69, 9.17) is 0 Å².